The molecule has 0 radical (unpaired) electrons. The minimum Gasteiger partial charge on any atom is -0.368 e. The van der Waals surface area contributed by atoms with Gasteiger partial charge in [-0.05, 0) is 37.1 Å². The molecule has 2 amide bonds. The topological polar surface area (TPSA) is 63.4 Å². The van der Waals surface area contributed by atoms with Crippen LogP contribution in [0.15, 0.2) is 24.3 Å². The quantitative estimate of drug-likeness (QED) is 0.866. The summed E-state index contributed by atoms with van der Waals surface area (Å²) in [4.78, 5) is 24.9. The lowest BCUT2D eigenvalue weighted by atomic mass is 10.1. The number of carbonyl (C=O) groups excluding carboxylic acids is 2. The highest BCUT2D eigenvalue weighted by Gasteiger charge is 2.32. The van der Waals surface area contributed by atoms with Crippen LogP contribution in [-0.2, 0) is 4.79 Å². The molecule has 1 atom stereocenters. The zero-order chi connectivity index (χ0) is 12.4. The van der Waals surface area contributed by atoms with Gasteiger partial charge in [-0.1, -0.05) is 11.6 Å². The van der Waals surface area contributed by atoms with Crippen molar-refractivity contribution in [3.05, 3.63) is 34.9 Å². The molecule has 1 aromatic carbocycles. The van der Waals surface area contributed by atoms with Crippen LogP contribution in [0.5, 0.6) is 0 Å². The number of carbonyl (C=O) groups is 2. The van der Waals surface area contributed by atoms with Gasteiger partial charge in [0.15, 0.2) is 0 Å². The number of hydrogen-bond donors (Lipinski definition) is 1. The summed E-state index contributed by atoms with van der Waals surface area (Å²) < 4.78 is 0. The van der Waals surface area contributed by atoms with Crippen LogP contribution >= 0.6 is 11.6 Å². The molecule has 0 aliphatic carbocycles. The van der Waals surface area contributed by atoms with Gasteiger partial charge in [-0.15, -0.1) is 0 Å². The van der Waals surface area contributed by atoms with Gasteiger partial charge in [-0.25, -0.2) is 0 Å². The summed E-state index contributed by atoms with van der Waals surface area (Å²) in [6.45, 7) is 0.578. The third-order valence-corrected chi connectivity index (χ3v) is 3.19. The number of halogens is 1. The highest BCUT2D eigenvalue weighted by atomic mass is 35.5. The summed E-state index contributed by atoms with van der Waals surface area (Å²) >= 11 is 5.76. The van der Waals surface area contributed by atoms with Crippen molar-refractivity contribution in [1.82, 2.24) is 4.90 Å². The highest BCUT2D eigenvalue weighted by Crippen LogP contribution is 2.20. The first-order valence-electron chi connectivity index (χ1n) is 5.45. The van der Waals surface area contributed by atoms with Crippen LogP contribution < -0.4 is 5.73 Å². The van der Waals surface area contributed by atoms with Crippen molar-refractivity contribution in [2.45, 2.75) is 18.9 Å². The third-order valence-electron chi connectivity index (χ3n) is 2.93. The molecule has 1 fully saturated rings. The Balaban J connectivity index is 2.19. The summed E-state index contributed by atoms with van der Waals surface area (Å²) in [6, 6.07) is 6.15. The molecule has 0 aromatic heterocycles. The molecular formula is C12H13ClN2O2. The molecule has 1 aliphatic rings. The van der Waals surface area contributed by atoms with Gasteiger partial charge in [0.25, 0.3) is 5.91 Å². The molecule has 1 aliphatic heterocycles. The Kier molecular flexibility index (Phi) is 3.33. The van der Waals surface area contributed by atoms with Crippen molar-refractivity contribution in [3.8, 4) is 0 Å². The van der Waals surface area contributed by atoms with Crippen LogP contribution in [0, 0.1) is 0 Å². The first-order chi connectivity index (χ1) is 8.09. The number of rotatable bonds is 2. The maximum Gasteiger partial charge on any atom is 0.254 e. The van der Waals surface area contributed by atoms with Crippen LogP contribution in [-0.4, -0.2) is 29.3 Å². The summed E-state index contributed by atoms with van der Waals surface area (Å²) in [6.07, 6.45) is 1.46. The predicted octanol–water partition coefficient (Wildman–Crippen LogP) is 1.43. The largest absolute Gasteiger partial charge is 0.368 e. The van der Waals surface area contributed by atoms with E-state index >= 15 is 0 Å². The fourth-order valence-electron chi connectivity index (χ4n) is 2.06. The maximum atomic E-state index is 12.1. The van der Waals surface area contributed by atoms with Crippen LogP contribution in [0.4, 0.5) is 0 Å². The van der Waals surface area contributed by atoms with Crippen LogP contribution in [0.1, 0.15) is 23.2 Å². The lowest BCUT2D eigenvalue weighted by molar-refractivity contribution is -0.121. The van der Waals surface area contributed by atoms with E-state index < -0.39 is 11.9 Å². The van der Waals surface area contributed by atoms with Gasteiger partial charge in [0.1, 0.15) is 6.04 Å². The zero-order valence-corrected chi connectivity index (χ0v) is 9.98. The van der Waals surface area contributed by atoms with Gasteiger partial charge >= 0.3 is 0 Å². The van der Waals surface area contributed by atoms with Gasteiger partial charge < -0.3 is 10.6 Å². The molecule has 2 N–H and O–H groups in total. The molecule has 1 saturated heterocycles. The van der Waals surface area contributed by atoms with Crippen molar-refractivity contribution in [2.24, 2.45) is 5.73 Å². The van der Waals surface area contributed by atoms with E-state index in [4.69, 9.17) is 17.3 Å². The Labute approximate surface area is 104 Å². The van der Waals surface area contributed by atoms with Crippen LogP contribution in [0.3, 0.4) is 0 Å². The van der Waals surface area contributed by atoms with Gasteiger partial charge in [-0.3, -0.25) is 9.59 Å². The Bertz CT molecular complexity index is 444. The monoisotopic (exact) mass is 252 g/mol. The van der Waals surface area contributed by atoms with E-state index in [1.165, 1.54) is 4.90 Å². The summed E-state index contributed by atoms with van der Waals surface area (Å²) in [7, 11) is 0. The average Bonchev–Trinajstić information content (AvgIpc) is 2.78. The van der Waals surface area contributed by atoms with E-state index in [9.17, 15) is 9.59 Å². The Morgan fingerprint density at radius 2 is 1.94 bits per heavy atom. The minimum absolute atomic E-state index is 0.164. The van der Waals surface area contributed by atoms with E-state index in [2.05, 4.69) is 0 Å². The van der Waals surface area contributed by atoms with E-state index in [0.29, 0.717) is 23.6 Å². The molecule has 0 spiro atoms. The van der Waals surface area contributed by atoms with Crippen molar-refractivity contribution < 1.29 is 9.59 Å². The molecule has 2 rings (SSSR count). The number of hydrogen-bond acceptors (Lipinski definition) is 2. The number of nitrogens with zero attached hydrogens (tertiary/aromatic N) is 1. The Morgan fingerprint density at radius 3 is 2.53 bits per heavy atom. The number of primary amides is 1. The molecule has 0 bridgehead atoms. The number of nitrogens with two attached hydrogens (primary N) is 1. The second kappa shape index (κ2) is 4.75. The van der Waals surface area contributed by atoms with Gasteiger partial charge in [0.2, 0.25) is 5.91 Å². The SMILES string of the molecule is NC(=O)[C@H]1CCCN1C(=O)c1ccc(Cl)cc1. The third kappa shape index (κ3) is 2.42. The first kappa shape index (κ1) is 11.9. The van der Waals surface area contributed by atoms with Crippen molar-refractivity contribution in [2.75, 3.05) is 6.54 Å². The van der Waals surface area contributed by atoms with Crippen molar-refractivity contribution in [3.63, 3.8) is 0 Å². The number of benzene rings is 1. The normalized spacial score (nSPS) is 19.4. The molecule has 17 heavy (non-hydrogen) atoms. The molecule has 1 aromatic rings. The predicted molar refractivity (Wildman–Crippen MR) is 64.7 cm³/mol. The Morgan fingerprint density at radius 1 is 1.29 bits per heavy atom. The smallest absolute Gasteiger partial charge is 0.254 e. The van der Waals surface area contributed by atoms with Gasteiger partial charge in [0, 0.05) is 17.1 Å². The number of amides is 2. The highest BCUT2D eigenvalue weighted by molar-refractivity contribution is 6.30. The van der Waals surface area contributed by atoms with Gasteiger partial charge in [-0.2, -0.15) is 0 Å². The second-order valence-corrected chi connectivity index (χ2v) is 4.50. The molecule has 4 nitrogen and oxygen atoms in total. The molecule has 1 heterocycles. The van der Waals surface area contributed by atoms with Crippen LogP contribution in [0.2, 0.25) is 5.02 Å². The summed E-state index contributed by atoms with van der Waals surface area (Å²) in [5.74, 6) is -0.604. The standard InChI is InChI=1S/C12H13ClN2O2/c13-9-5-3-8(4-6-9)12(17)15-7-1-2-10(15)11(14)16/h3-6,10H,1-2,7H2,(H2,14,16)/t10-/m1/s1. The molecule has 90 valence electrons. The lowest BCUT2D eigenvalue weighted by Gasteiger charge is -2.22. The minimum atomic E-state index is -0.474. The van der Waals surface area contributed by atoms with Crippen molar-refractivity contribution >= 4 is 23.4 Å². The molecule has 0 saturated carbocycles. The second-order valence-electron chi connectivity index (χ2n) is 4.07. The lowest BCUT2D eigenvalue weighted by Crippen LogP contribution is -2.43. The fraction of sp³-hybridized carbons (Fsp3) is 0.333. The fourth-order valence-corrected chi connectivity index (χ4v) is 2.19. The average molecular weight is 253 g/mol. The van der Waals surface area contributed by atoms with E-state index in [1.54, 1.807) is 24.3 Å². The first-order valence-corrected chi connectivity index (χ1v) is 5.83. The van der Waals surface area contributed by atoms with E-state index in [-0.39, 0.29) is 5.91 Å². The van der Waals surface area contributed by atoms with Crippen LogP contribution in [0.25, 0.3) is 0 Å². The summed E-state index contributed by atoms with van der Waals surface area (Å²) in [5, 5.41) is 0.578. The molecule has 5 heteroatoms. The van der Waals surface area contributed by atoms with Gasteiger partial charge in [0.05, 0.1) is 0 Å². The molecular weight excluding hydrogens is 240 g/mol. The summed E-state index contributed by atoms with van der Waals surface area (Å²) in [5.41, 5.74) is 5.80. The number of likely N-dealkylation sites (tertiary alicyclic amines) is 1. The zero-order valence-electron chi connectivity index (χ0n) is 9.23. The van der Waals surface area contributed by atoms with E-state index in [1.807, 2.05) is 0 Å². The maximum absolute atomic E-state index is 12.1. The van der Waals surface area contributed by atoms with Crippen molar-refractivity contribution in [1.29, 1.82) is 0 Å². The molecule has 0 unspecified atom stereocenters. The van der Waals surface area contributed by atoms with E-state index in [0.717, 1.165) is 6.42 Å². The Hall–Kier alpha value is -1.55.